The number of hydrogen-bond donors (Lipinski definition) is 1. The van der Waals surface area contributed by atoms with Crippen LogP contribution in [0.1, 0.15) is 28.2 Å². The number of carboxylic acids is 1. The van der Waals surface area contributed by atoms with E-state index in [0.717, 1.165) is 11.1 Å². The summed E-state index contributed by atoms with van der Waals surface area (Å²) in [6.45, 7) is 4.69. The van der Waals surface area contributed by atoms with Gasteiger partial charge in [0.2, 0.25) is 0 Å². The molecule has 0 radical (unpaired) electrons. The topological polar surface area (TPSA) is 46.5 Å². The molecule has 0 spiro atoms. The monoisotopic (exact) mass is 284 g/mol. The average molecular weight is 284 g/mol. The van der Waals surface area contributed by atoms with Gasteiger partial charge in [-0.1, -0.05) is 48.5 Å². The molecule has 1 unspecified atom stereocenters. The molecule has 3 nitrogen and oxygen atoms in total. The fourth-order valence-electron chi connectivity index (χ4n) is 2.35. The van der Waals surface area contributed by atoms with Gasteiger partial charge in [-0.05, 0) is 36.1 Å². The van der Waals surface area contributed by atoms with Crippen LogP contribution in [-0.4, -0.2) is 17.7 Å². The number of rotatable bonds is 6. The Morgan fingerprint density at radius 1 is 1.05 bits per heavy atom. The van der Waals surface area contributed by atoms with E-state index in [1.54, 1.807) is 0 Å². The summed E-state index contributed by atoms with van der Waals surface area (Å²) < 4.78 is 5.68. The molecule has 0 aliphatic carbocycles. The van der Waals surface area contributed by atoms with Crippen LogP contribution in [0.2, 0.25) is 0 Å². The zero-order valence-corrected chi connectivity index (χ0v) is 12.4. The maximum Gasteiger partial charge on any atom is 0.313 e. The van der Waals surface area contributed by atoms with Crippen molar-refractivity contribution >= 4 is 5.97 Å². The van der Waals surface area contributed by atoms with Crippen molar-refractivity contribution in [2.75, 3.05) is 6.61 Å². The molecule has 0 aromatic heterocycles. The Labute approximate surface area is 125 Å². The number of carboxylic acid groups (broad SMARTS) is 1. The summed E-state index contributed by atoms with van der Waals surface area (Å²) in [7, 11) is 0. The second-order valence-electron chi connectivity index (χ2n) is 5.19. The molecule has 0 aliphatic heterocycles. The van der Waals surface area contributed by atoms with Gasteiger partial charge in [0, 0.05) is 0 Å². The molecule has 0 aliphatic rings. The first kappa shape index (κ1) is 15.3. The van der Waals surface area contributed by atoms with E-state index in [4.69, 9.17) is 4.74 Å². The summed E-state index contributed by atoms with van der Waals surface area (Å²) in [5.74, 6) is -1.49. The van der Waals surface area contributed by atoms with Crippen molar-refractivity contribution < 1.29 is 14.6 Å². The molecular formula is C18H20O3. The molecule has 1 atom stereocenters. The van der Waals surface area contributed by atoms with Crippen molar-refractivity contribution in [1.82, 2.24) is 0 Å². The predicted octanol–water partition coefficient (Wildman–Crippen LogP) is 3.69. The number of benzene rings is 2. The highest BCUT2D eigenvalue weighted by atomic mass is 16.5. The molecule has 1 N–H and O–H groups in total. The third-order valence-corrected chi connectivity index (χ3v) is 3.68. The van der Waals surface area contributed by atoms with Gasteiger partial charge in [-0.3, -0.25) is 4.79 Å². The quantitative estimate of drug-likeness (QED) is 0.880. The van der Waals surface area contributed by atoms with Crippen LogP contribution in [0, 0.1) is 13.8 Å². The van der Waals surface area contributed by atoms with Crippen molar-refractivity contribution in [3.05, 3.63) is 70.8 Å². The van der Waals surface area contributed by atoms with Gasteiger partial charge in [0.05, 0.1) is 13.2 Å². The van der Waals surface area contributed by atoms with E-state index in [-0.39, 0.29) is 6.61 Å². The molecule has 21 heavy (non-hydrogen) atoms. The zero-order chi connectivity index (χ0) is 15.2. The minimum Gasteiger partial charge on any atom is -0.481 e. The second-order valence-corrected chi connectivity index (χ2v) is 5.19. The highest BCUT2D eigenvalue weighted by molar-refractivity contribution is 5.76. The van der Waals surface area contributed by atoms with Crippen molar-refractivity contribution in [1.29, 1.82) is 0 Å². The Balaban J connectivity index is 2.02. The van der Waals surface area contributed by atoms with E-state index in [2.05, 4.69) is 0 Å². The molecule has 2 rings (SSSR count). The first-order valence-corrected chi connectivity index (χ1v) is 7.00. The average Bonchev–Trinajstić information content (AvgIpc) is 2.46. The summed E-state index contributed by atoms with van der Waals surface area (Å²) in [4.78, 5) is 11.4. The first-order chi connectivity index (χ1) is 10.1. The SMILES string of the molecule is Cc1cccc(C)c1COCC(C(=O)O)c1ccccc1. The van der Waals surface area contributed by atoms with Gasteiger partial charge in [-0.25, -0.2) is 0 Å². The fourth-order valence-corrected chi connectivity index (χ4v) is 2.35. The van der Waals surface area contributed by atoms with E-state index in [0.29, 0.717) is 6.61 Å². The molecule has 2 aromatic rings. The maximum atomic E-state index is 11.4. The second kappa shape index (κ2) is 7.04. The molecule has 0 saturated carbocycles. The molecule has 3 heteroatoms. The first-order valence-electron chi connectivity index (χ1n) is 7.00. The number of carbonyl (C=O) groups is 1. The third kappa shape index (κ3) is 3.92. The molecule has 2 aromatic carbocycles. The molecule has 0 amide bonds. The number of aliphatic carboxylic acids is 1. The Kier molecular flexibility index (Phi) is 5.12. The summed E-state index contributed by atoms with van der Waals surface area (Å²) in [6, 6.07) is 15.3. The van der Waals surface area contributed by atoms with E-state index >= 15 is 0 Å². The van der Waals surface area contributed by atoms with Gasteiger partial charge < -0.3 is 9.84 Å². The molecule has 0 bridgehead atoms. The summed E-state index contributed by atoms with van der Waals surface area (Å²) >= 11 is 0. The van der Waals surface area contributed by atoms with Crippen molar-refractivity contribution in [2.45, 2.75) is 26.4 Å². The number of ether oxygens (including phenoxy) is 1. The van der Waals surface area contributed by atoms with Crippen molar-refractivity contribution in [3.63, 3.8) is 0 Å². The highest BCUT2D eigenvalue weighted by Crippen LogP contribution is 2.19. The van der Waals surface area contributed by atoms with Crippen LogP contribution in [0.25, 0.3) is 0 Å². The lowest BCUT2D eigenvalue weighted by molar-refractivity contribution is -0.140. The van der Waals surface area contributed by atoms with Gasteiger partial charge in [-0.2, -0.15) is 0 Å². The van der Waals surface area contributed by atoms with Crippen molar-refractivity contribution in [2.24, 2.45) is 0 Å². The summed E-state index contributed by atoms with van der Waals surface area (Å²) in [6.07, 6.45) is 0. The Bertz CT molecular complexity index is 585. The highest BCUT2D eigenvalue weighted by Gasteiger charge is 2.19. The number of hydrogen-bond acceptors (Lipinski definition) is 2. The lowest BCUT2D eigenvalue weighted by atomic mass is 10.0. The van der Waals surface area contributed by atoms with Gasteiger partial charge in [0.25, 0.3) is 0 Å². The molecule has 0 saturated heterocycles. The van der Waals surface area contributed by atoms with Crippen LogP contribution in [-0.2, 0) is 16.1 Å². The fraction of sp³-hybridized carbons (Fsp3) is 0.278. The standard InChI is InChI=1S/C18H20O3/c1-13-7-6-8-14(2)16(13)11-21-12-17(18(19)20)15-9-4-3-5-10-15/h3-10,17H,11-12H2,1-2H3,(H,19,20). The minimum atomic E-state index is -0.859. The maximum absolute atomic E-state index is 11.4. The largest absolute Gasteiger partial charge is 0.481 e. The predicted molar refractivity (Wildman–Crippen MR) is 82.4 cm³/mol. The van der Waals surface area contributed by atoms with Gasteiger partial charge in [0.1, 0.15) is 5.92 Å². The Morgan fingerprint density at radius 3 is 2.24 bits per heavy atom. The lowest BCUT2D eigenvalue weighted by Gasteiger charge is -2.15. The van der Waals surface area contributed by atoms with E-state index in [9.17, 15) is 9.90 Å². The van der Waals surface area contributed by atoms with Crippen LogP contribution in [0.3, 0.4) is 0 Å². The molecule has 0 fully saturated rings. The van der Waals surface area contributed by atoms with E-state index < -0.39 is 11.9 Å². The van der Waals surface area contributed by atoms with Gasteiger partial charge in [-0.15, -0.1) is 0 Å². The molecular weight excluding hydrogens is 264 g/mol. The van der Waals surface area contributed by atoms with Gasteiger partial charge in [0.15, 0.2) is 0 Å². The summed E-state index contributed by atoms with van der Waals surface area (Å²) in [5.41, 5.74) is 4.24. The zero-order valence-electron chi connectivity index (χ0n) is 12.4. The lowest BCUT2D eigenvalue weighted by Crippen LogP contribution is -2.18. The van der Waals surface area contributed by atoms with Crippen LogP contribution < -0.4 is 0 Å². The molecule has 110 valence electrons. The number of aryl methyl sites for hydroxylation is 2. The third-order valence-electron chi connectivity index (χ3n) is 3.68. The normalized spacial score (nSPS) is 12.1. The molecule has 0 heterocycles. The smallest absolute Gasteiger partial charge is 0.313 e. The van der Waals surface area contributed by atoms with E-state index in [1.165, 1.54) is 11.1 Å². The van der Waals surface area contributed by atoms with Gasteiger partial charge >= 0.3 is 5.97 Å². The Morgan fingerprint density at radius 2 is 1.67 bits per heavy atom. The Hall–Kier alpha value is -2.13. The van der Waals surface area contributed by atoms with Crippen LogP contribution in [0.15, 0.2) is 48.5 Å². The minimum absolute atomic E-state index is 0.174. The van der Waals surface area contributed by atoms with Crippen LogP contribution in [0.5, 0.6) is 0 Å². The van der Waals surface area contributed by atoms with Crippen LogP contribution in [0.4, 0.5) is 0 Å². The summed E-state index contributed by atoms with van der Waals surface area (Å²) in [5, 5.41) is 9.35. The van der Waals surface area contributed by atoms with Crippen LogP contribution >= 0.6 is 0 Å². The van der Waals surface area contributed by atoms with E-state index in [1.807, 2.05) is 62.4 Å². The van der Waals surface area contributed by atoms with Crippen molar-refractivity contribution in [3.8, 4) is 0 Å².